The molecule has 1 atom stereocenters. The van der Waals surface area contributed by atoms with Gasteiger partial charge in [-0.1, -0.05) is 0 Å². The van der Waals surface area contributed by atoms with Gasteiger partial charge in [-0.05, 0) is 26.3 Å². The third kappa shape index (κ3) is 3.30. The highest BCUT2D eigenvalue weighted by molar-refractivity contribution is 5.46. The van der Waals surface area contributed by atoms with Gasteiger partial charge in [0, 0.05) is 18.7 Å². The lowest BCUT2D eigenvalue weighted by molar-refractivity contribution is 0.276. The van der Waals surface area contributed by atoms with Crippen LogP contribution >= 0.6 is 0 Å². The fourth-order valence-electron chi connectivity index (χ4n) is 1.92. The summed E-state index contributed by atoms with van der Waals surface area (Å²) in [5.74, 6) is 0.120. The van der Waals surface area contributed by atoms with Gasteiger partial charge >= 0.3 is 0 Å². The molecule has 2 rings (SSSR count). The summed E-state index contributed by atoms with van der Waals surface area (Å²) in [4.78, 5) is 3.67. The standard InChI is InChI=1S/C12H18FN3O/c1-2-14-11-6-10(7-16-12(11)13)17-8-9-4-3-5-15-9/h6-7,9,14-15H,2-5,8H2,1H3/t9-/m1/s1. The van der Waals surface area contributed by atoms with Gasteiger partial charge < -0.3 is 15.4 Å². The molecule has 0 unspecified atom stereocenters. The maximum Gasteiger partial charge on any atom is 0.236 e. The van der Waals surface area contributed by atoms with Crippen molar-refractivity contribution < 1.29 is 9.13 Å². The Hall–Kier alpha value is -1.36. The van der Waals surface area contributed by atoms with Crippen LogP contribution in [0, 0.1) is 5.95 Å². The molecule has 1 aromatic rings. The van der Waals surface area contributed by atoms with Crippen molar-refractivity contribution in [3.8, 4) is 5.75 Å². The number of nitrogens with zero attached hydrogens (tertiary/aromatic N) is 1. The zero-order chi connectivity index (χ0) is 12.1. The summed E-state index contributed by atoms with van der Waals surface area (Å²) >= 11 is 0. The van der Waals surface area contributed by atoms with E-state index in [1.54, 1.807) is 6.07 Å². The van der Waals surface area contributed by atoms with Crippen molar-refractivity contribution in [1.29, 1.82) is 0 Å². The van der Waals surface area contributed by atoms with Crippen molar-refractivity contribution in [2.24, 2.45) is 0 Å². The third-order valence-corrected chi connectivity index (χ3v) is 2.79. The Kier molecular flexibility index (Phi) is 4.14. The molecule has 0 aromatic carbocycles. The summed E-state index contributed by atoms with van der Waals surface area (Å²) in [6, 6.07) is 2.06. The van der Waals surface area contributed by atoms with E-state index in [2.05, 4.69) is 15.6 Å². The van der Waals surface area contributed by atoms with E-state index >= 15 is 0 Å². The minimum atomic E-state index is -0.488. The molecule has 2 heterocycles. The molecule has 1 aliphatic heterocycles. The molecule has 5 heteroatoms. The fraction of sp³-hybridized carbons (Fsp3) is 0.583. The van der Waals surface area contributed by atoms with Gasteiger partial charge in [0.1, 0.15) is 12.4 Å². The second-order valence-corrected chi connectivity index (χ2v) is 4.14. The van der Waals surface area contributed by atoms with E-state index in [1.807, 2.05) is 6.92 Å². The van der Waals surface area contributed by atoms with E-state index in [9.17, 15) is 4.39 Å². The number of hydrogen-bond acceptors (Lipinski definition) is 4. The quantitative estimate of drug-likeness (QED) is 0.769. The Morgan fingerprint density at radius 3 is 3.24 bits per heavy atom. The maximum absolute atomic E-state index is 13.3. The lowest BCUT2D eigenvalue weighted by Gasteiger charge is -2.13. The summed E-state index contributed by atoms with van der Waals surface area (Å²) in [7, 11) is 0. The molecule has 0 spiro atoms. The number of aromatic nitrogens is 1. The van der Waals surface area contributed by atoms with Crippen LogP contribution in [0.15, 0.2) is 12.3 Å². The normalized spacial score (nSPS) is 19.3. The number of anilines is 1. The predicted octanol–water partition coefficient (Wildman–Crippen LogP) is 1.78. The van der Waals surface area contributed by atoms with Crippen molar-refractivity contribution in [3.63, 3.8) is 0 Å². The average Bonchev–Trinajstić information content (AvgIpc) is 2.83. The number of rotatable bonds is 5. The molecule has 0 saturated carbocycles. The average molecular weight is 239 g/mol. The van der Waals surface area contributed by atoms with Gasteiger partial charge in [0.15, 0.2) is 0 Å². The molecule has 0 radical (unpaired) electrons. The molecule has 1 aliphatic rings. The van der Waals surface area contributed by atoms with Crippen molar-refractivity contribution in [1.82, 2.24) is 10.3 Å². The zero-order valence-corrected chi connectivity index (χ0v) is 10.0. The summed E-state index contributed by atoms with van der Waals surface area (Å²) < 4.78 is 18.9. The zero-order valence-electron chi connectivity index (χ0n) is 10.0. The van der Waals surface area contributed by atoms with Crippen molar-refractivity contribution in [2.75, 3.05) is 25.0 Å². The summed E-state index contributed by atoms with van der Waals surface area (Å²) in [6.07, 6.45) is 3.75. The van der Waals surface area contributed by atoms with E-state index in [0.717, 1.165) is 13.0 Å². The molecule has 4 nitrogen and oxygen atoms in total. The second kappa shape index (κ2) is 5.82. The van der Waals surface area contributed by atoms with Crippen molar-refractivity contribution in [2.45, 2.75) is 25.8 Å². The fourth-order valence-corrected chi connectivity index (χ4v) is 1.92. The molecule has 94 valence electrons. The molecular formula is C12H18FN3O. The van der Waals surface area contributed by atoms with Crippen LogP contribution in [0.2, 0.25) is 0 Å². The molecule has 0 amide bonds. The Balaban J connectivity index is 1.93. The molecule has 2 N–H and O–H groups in total. The number of hydrogen-bond donors (Lipinski definition) is 2. The highest BCUT2D eigenvalue weighted by atomic mass is 19.1. The first-order valence-corrected chi connectivity index (χ1v) is 6.05. The highest BCUT2D eigenvalue weighted by Gasteiger charge is 2.14. The van der Waals surface area contributed by atoms with Crippen LogP contribution in [0.25, 0.3) is 0 Å². The lowest BCUT2D eigenvalue weighted by Crippen LogP contribution is -2.28. The lowest BCUT2D eigenvalue weighted by atomic mass is 10.2. The monoisotopic (exact) mass is 239 g/mol. The minimum Gasteiger partial charge on any atom is -0.490 e. The molecule has 17 heavy (non-hydrogen) atoms. The van der Waals surface area contributed by atoms with Gasteiger partial charge in [-0.25, -0.2) is 4.98 Å². The number of ether oxygens (including phenoxy) is 1. The third-order valence-electron chi connectivity index (χ3n) is 2.79. The first-order chi connectivity index (χ1) is 8.29. The molecule has 1 aromatic heterocycles. The van der Waals surface area contributed by atoms with E-state index in [0.29, 0.717) is 30.6 Å². The van der Waals surface area contributed by atoms with Crippen molar-refractivity contribution >= 4 is 5.69 Å². The van der Waals surface area contributed by atoms with Gasteiger partial charge in [0.25, 0.3) is 0 Å². The second-order valence-electron chi connectivity index (χ2n) is 4.14. The van der Waals surface area contributed by atoms with Crippen LogP contribution in [0.1, 0.15) is 19.8 Å². The summed E-state index contributed by atoms with van der Waals surface area (Å²) in [5.41, 5.74) is 0.393. The van der Waals surface area contributed by atoms with Crippen LogP contribution in [-0.2, 0) is 0 Å². The SMILES string of the molecule is CCNc1cc(OC[C@H]2CCCN2)cnc1F. The number of nitrogens with one attached hydrogen (secondary N) is 2. The minimum absolute atomic E-state index is 0.393. The van der Waals surface area contributed by atoms with E-state index in [4.69, 9.17) is 4.74 Å². The predicted molar refractivity (Wildman–Crippen MR) is 64.9 cm³/mol. The van der Waals surface area contributed by atoms with Gasteiger partial charge in [-0.3, -0.25) is 0 Å². The topological polar surface area (TPSA) is 46.2 Å². The van der Waals surface area contributed by atoms with Gasteiger partial charge in [0.2, 0.25) is 5.95 Å². The number of halogens is 1. The number of pyridine rings is 1. The van der Waals surface area contributed by atoms with Gasteiger partial charge in [-0.2, -0.15) is 4.39 Å². The van der Waals surface area contributed by atoms with Gasteiger partial charge in [-0.15, -0.1) is 0 Å². The maximum atomic E-state index is 13.3. The summed E-state index contributed by atoms with van der Waals surface area (Å²) in [5, 5.41) is 6.25. The summed E-state index contributed by atoms with van der Waals surface area (Å²) in [6.45, 7) is 4.23. The van der Waals surface area contributed by atoms with Crippen LogP contribution in [0.3, 0.4) is 0 Å². The van der Waals surface area contributed by atoms with Gasteiger partial charge in [0.05, 0.1) is 11.9 Å². The van der Waals surface area contributed by atoms with Crippen LogP contribution in [0.4, 0.5) is 10.1 Å². The Bertz CT molecular complexity index is 367. The van der Waals surface area contributed by atoms with Crippen LogP contribution < -0.4 is 15.4 Å². The van der Waals surface area contributed by atoms with E-state index < -0.39 is 5.95 Å². The first kappa shape index (κ1) is 12.1. The Morgan fingerprint density at radius 1 is 1.65 bits per heavy atom. The smallest absolute Gasteiger partial charge is 0.236 e. The molecule has 0 aliphatic carbocycles. The van der Waals surface area contributed by atoms with Crippen LogP contribution in [-0.4, -0.2) is 30.7 Å². The Morgan fingerprint density at radius 2 is 2.53 bits per heavy atom. The highest BCUT2D eigenvalue weighted by Crippen LogP contribution is 2.19. The molecule has 1 saturated heterocycles. The molecule has 1 fully saturated rings. The van der Waals surface area contributed by atoms with Crippen LogP contribution in [0.5, 0.6) is 5.75 Å². The van der Waals surface area contributed by atoms with E-state index in [1.165, 1.54) is 12.6 Å². The van der Waals surface area contributed by atoms with Crippen molar-refractivity contribution in [3.05, 3.63) is 18.2 Å². The molecular weight excluding hydrogens is 221 g/mol. The molecule has 0 bridgehead atoms. The first-order valence-electron chi connectivity index (χ1n) is 6.05. The van der Waals surface area contributed by atoms with E-state index in [-0.39, 0.29) is 0 Å². The Labute approximate surface area is 101 Å². The largest absolute Gasteiger partial charge is 0.490 e.